The van der Waals surface area contributed by atoms with Crippen LogP contribution in [0.2, 0.25) is 0 Å². The predicted molar refractivity (Wildman–Crippen MR) is 103 cm³/mol. The first-order valence-corrected chi connectivity index (χ1v) is 10.7. The number of carboxylic acids is 1. The summed E-state index contributed by atoms with van der Waals surface area (Å²) >= 11 is 0. The van der Waals surface area contributed by atoms with Gasteiger partial charge in [0.2, 0.25) is 10.0 Å². The average molecular weight is 429 g/mol. The minimum atomic E-state index is -4.30. The molecule has 0 aliphatic carbocycles. The third kappa shape index (κ3) is 4.18. The third-order valence-corrected chi connectivity index (χ3v) is 6.82. The number of phenols is 1. The molecular weight excluding hydrogens is 410 g/mol. The molecule has 0 aliphatic heterocycles. The van der Waals surface area contributed by atoms with Gasteiger partial charge in [0, 0.05) is 7.05 Å². The normalized spacial score (nSPS) is 11.8. The second-order valence-electron chi connectivity index (χ2n) is 5.71. The smallest absolute Gasteiger partial charge is 0.339 e. The van der Waals surface area contributed by atoms with Crippen LogP contribution in [-0.2, 0) is 20.0 Å². The molecule has 28 heavy (non-hydrogen) atoms. The molecule has 10 nitrogen and oxygen atoms in total. The first-order valence-electron chi connectivity index (χ1n) is 7.78. The Balaban J connectivity index is 2.60. The number of aromatic hydroxyl groups is 1. The summed E-state index contributed by atoms with van der Waals surface area (Å²) < 4.78 is 54.0. The van der Waals surface area contributed by atoms with Crippen molar-refractivity contribution in [1.29, 1.82) is 0 Å². The average Bonchev–Trinajstić information content (AvgIpc) is 2.60. The van der Waals surface area contributed by atoms with Gasteiger partial charge in [0.1, 0.15) is 11.3 Å². The molecule has 0 aromatic heterocycles. The molecule has 2 aromatic carbocycles. The zero-order valence-electron chi connectivity index (χ0n) is 15.1. The second-order valence-corrected chi connectivity index (χ2v) is 9.25. The van der Waals surface area contributed by atoms with Gasteiger partial charge in [-0.05, 0) is 49.9 Å². The van der Waals surface area contributed by atoms with E-state index >= 15 is 0 Å². The molecule has 12 heteroatoms. The summed E-state index contributed by atoms with van der Waals surface area (Å²) in [4.78, 5) is 10.7. The molecule has 0 heterocycles. The van der Waals surface area contributed by atoms with Crippen LogP contribution in [0.25, 0.3) is 0 Å². The predicted octanol–water partition coefficient (Wildman–Crippen LogP) is 1.15. The number of aromatic carboxylic acids is 1. The van der Waals surface area contributed by atoms with Gasteiger partial charge in [0.25, 0.3) is 10.0 Å². The van der Waals surface area contributed by atoms with Gasteiger partial charge >= 0.3 is 5.97 Å². The Kier molecular flexibility index (Phi) is 5.87. The van der Waals surface area contributed by atoms with Crippen LogP contribution in [0.1, 0.15) is 15.9 Å². The molecule has 0 atom stereocenters. The van der Waals surface area contributed by atoms with Gasteiger partial charge in [0.15, 0.2) is 0 Å². The first kappa shape index (κ1) is 21.5. The van der Waals surface area contributed by atoms with Gasteiger partial charge in [0.05, 0.1) is 21.2 Å². The number of hydrogen-bond acceptors (Lipinski definition) is 7. The van der Waals surface area contributed by atoms with Gasteiger partial charge < -0.3 is 15.5 Å². The van der Waals surface area contributed by atoms with E-state index in [2.05, 4.69) is 14.8 Å². The summed E-state index contributed by atoms with van der Waals surface area (Å²) in [6.07, 6.45) is 0. The number of nitrogens with one attached hydrogen (secondary N) is 3. The van der Waals surface area contributed by atoms with Crippen molar-refractivity contribution < 1.29 is 31.8 Å². The van der Waals surface area contributed by atoms with Crippen LogP contribution in [0.4, 0.5) is 11.4 Å². The number of hydrogen-bond donors (Lipinski definition) is 5. The summed E-state index contributed by atoms with van der Waals surface area (Å²) in [5, 5.41) is 21.6. The first-order chi connectivity index (χ1) is 12.9. The number of sulfonamides is 2. The van der Waals surface area contributed by atoms with Crippen molar-refractivity contribution in [2.24, 2.45) is 0 Å². The van der Waals surface area contributed by atoms with E-state index in [0.29, 0.717) is 5.69 Å². The zero-order chi connectivity index (χ0) is 21.3. The molecule has 0 aliphatic rings. The van der Waals surface area contributed by atoms with Crippen LogP contribution < -0.4 is 14.8 Å². The van der Waals surface area contributed by atoms with Crippen LogP contribution in [0.3, 0.4) is 0 Å². The largest absolute Gasteiger partial charge is 0.507 e. The number of benzene rings is 2. The zero-order valence-corrected chi connectivity index (χ0v) is 16.8. The van der Waals surface area contributed by atoms with Gasteiger partial charge in [-0.1, -0.05) is 0 Å². The summed E-state index contributed by atoms with van der Waals surface area (Å²) in [5.41, 5.74) is -0.219. The van der Waals surface area contributed by atoms with Crippen molar-refractivity contribution in [2.45, 2.75) is 16.7 Å². The quantitative estimate of drug-likeness (QED) is 0.438. The Morgan fingerprint density at radius 3 is 2.14 bits per heavy atom. The summed E-state index contributed by atoms with van der Waals surface area (Å²) in [5.74, 6) is -2.06. The van der Waals surface area contributed by atoms with E-state index in [1.165, 1.54) is 33.2 Å². The molecule has 0 bridgehead atoms. The van der Waals surface area contributed by atoms with Crippen molar-refractivity contribution >= 4 is 37.4 Å². The fourth-order valence-corrected chi connectivity index (χ4v) is 4.52. The fourth-order valence-electron chi connectivity index (χ4n) is 2.44. The second kappa shape index (κ2) is 7.66. The Bertz CT molecular complexity index is 1140. The van der Waals surface area contributed by atoms with Crippen LogP contribution in [0.15, 0.2) is 40.1 Å². The highest BCUT2D eigenvalue weighted by Gasteiger charge is 2.24. The molecule has 0 spiro atoms. The van der Waals surface area contributed by atoms with Crippen LogP contribution in [0, 0.1) is 6.92 Å². The van der Waals surface area contributed by atoms with Crippen LogP contribution in [-0.4, -0.2) is 47.1 Å². The van der Waals surface area contributed by atoms with Crippen LogP contribution in [0.5, 0.6) is 5.75 Å². The fraction of sp³-hybridized carbons (Fsp3) is 0.188. The van der Waals surface area contributed by atoms with Crippen molar-refractivity contribution in [2.75, 3.05) is 24.1 Å². The molecule has 0 amide bonds. The molecule has 2 aromatic rings. The Morgan fingerprint density at radius 1 is 0.964 bits per heavy atom. The van der Waals surface area contributed by atoms with Crippen LogP contribution >= 0.6 is 0 Å². The van der Waals surface area contributed by atoms with Crippen molar-refractivity contribution in [1.82, 2.24) is 4.72 Å². The maximum absolute atomic E-state index is 12.8. The Labute approximate surface area is 162 Å². The maximum Gasteiger partial charge on any atom is 0.339 e. The van der Waals surface area contributed by atoms with Gasteiger partial charge in [-0.25, -0.2) is 26.4 Å². The van der Waals surface area contributed by atoms with Crippen molar-refractivity contribution in [3.63, 3.8) is 0 Å². The number of carbonyl (C=O) groups is 1. The molecule has 0 radical (unpaired) electrons. The number of aryl methyl sites for hydroxylation is 1. The minimum Gasteiger partial charge on any atom is -0.507 e. The molecular formula is C16H19N3O7S2. The summed E-state index contributed by atoms with van der Waals surface area (Å²) in [6, 6.07) is 5.67. The van der Waals surface area contributed by atoms with E-state index in [4.69, 9.17) is 5.11 Å². The van der Waals surface area contributed by atoms with E-state index < -0.39 is 37.3 Å². The lowest BCUT2D eigenvalue weighted by molar-refractivity contribution is 0.0693. The molecule has 0 saturated carbocycles. The van der Waals surface area contributed by atoms with Crippen molar-refractivity contribution in [3.8, 4) is 5.75 Å². The Hall–Kier alpha value is -2.83. The monoisotopic (exact) mass is 429 g/mol. The SMILES string of the molecule is CNc1ccc(S(=O)(=O)NC)cc1NS(=O)(=O)c1cc(C(=O)O)c(O)cc1C. The Morgan fingerprint density at radius 2 is 1.61 bits per heavy atom. The third-order valence-electron chi connectivity index (χ3n) is 3.90. The summed E-state index contributed by atoms with van der Waals surface area (Å²) in [6.45, 7) is 1.39. The lowest BCUT2D eigenvalue weighted by atomic mass is 10.1. The molecule has 0 fully saturated rings. The topological polar surface area (TPSA) is 162 Å². The molecule has 152 valence electrons. The number of rotatable bonds is 7. The molecule has 5 N–H and O–H groups in total. The van der Waals surface area contributed by atoms with Crippen molar-refractivity contribution in [3.05, 3.63) is 41.5 Å². The van der Waals surface area contributed by atoms with E-state index in [1.807, 2.05) is 0 Å². The van der Waals surface area contributed by atoms with E-state index in [0.717, 1.165) is 18.2 Å². The van der Waals surface area contributed by atoms with E-state index in [9.17, 15) is 26.7 Å². The lowest BCUT2D eigenvalue weighted by Crippen LogP contribution is -2.20. The molecule has 2 rings (SSSR count). The number of anilines is 2. The summed E-state index contributed by atoms with van der Waals surface area (Å²) in [7, 11) is -5.38. The standard InChI is InChI=1S/C16H19N3O7S2/c1-9-6-14(20)11(16(21)22)8-15(9)28(25,26)19-13-7-10(27(23,24)18-3)4-5-12(13)17-2/h4-8,17-20H,1-3H3,(H,21,22). The van der Waals surface area contributed by atoms with Gasteiger partial charge in [-0.2, -0.15) is 0 Å². The minimum absolute atomic E-state index is 0.0526. The van der Waals surface area contributed by atoms with Gasteiger partial charge in [-0.3, -0.25) is 4.72 Å². The maximum atomic E-state index is 12.8. The highest BCUT2D eigenvalue weighted by Crippen LogP contribution is 2.30. The van der Waals surface area contributed by atoms with Gasteiger partial charge in [-0.15, -0.1) is 0 Å². The molecule has 0 saturated heterocycles. The molecule has 0 unspecified atom stereocenters. The van der Waals surface area contributed by atoms with E-state index in [1.54, 1.807) is 0 Å². The highest BCUT2D eigenvalue weighted by molar-refractivity contribution is 7.92. The lowest BCUT2D eigenvalue weighted by Gasteiger charge is -2.16. The van der Waals surface area contributed by atoms with E-state index in [-0.39, 0.29) is 21.0 Å². The highest BCUT2D eigenvalue weighted by atomic mass is 32.2. The number of carboxylic acid groups (broad SMARTS) is 1.